The van der Waals surface area contributed by atoms with Crippen LogP contribution in [0.4, 0.5) is 0 Å². The number of carbonyl (C=O) groups excluding carboxylic acids is 2. The fourth-order valence-corrected chi connectivity index (χ4v) is 3.38. The van der Waals surface area contributed by atoms with Gasteiger partial charge in [0.2, 0.25) is 0 Å². The Kier molecular flexibility index (Phi) is 3.20. The lowest BCUT2D eigenvalue weighted by Gasteiger charge is -2.22. The van der Waals surface area contributed by atoms with Gasteiger partial charge in [-0.05, 0) is 25.5 Å². The van der Waals surface area contributed by atoms with E-state index in [9.17, 15) is 9.59 Å². The summed E-state index contributed by atoms with van der Waals surface area (Å²) in [4.78, 5) is 31.9. The first kappa shape index (κ1) is 14.6. The zero-order valence-corrected chi connectivity index (χ0v) is 13.5. The van der Waals surface area contributed by atoms with E-state index in [0.29, 0.717) is 16.8 Å². The fraction of sp³-hybridized carbons (Fsp3) is 0.150. The van der Waals surface area contributed by atoms with Gasteiger partial charge in [0.25, 0.3) is 11.8 Å². The third-order valence-corrected chi connectivity index (χ3v) is 4.61. The fourth-order valence-electron chi connectivity index (χ4n) is 3.38. The van der Waals surface area contributed by atoms with E-state index in [1.165, 1.54) is 4.90 Å². The Morgan fingerprint density at radius 3 is 2.25 bits per heavy atom. The number of amides is 2. The van der Waals surface area contributed by atoms with E-state index < -0.39 is 0 Å². The van der Waals surface area contributed by atoms with Gasteiger partial charge in [0.1, 0.15) is 0 Å². The summed E-state index contributed by atoms with van der Waals surface area (Å²) in [7, 11) is 0. The van der Waals surface area contributed by atoms with Gasteiger partial charge in [0.15, 0.2) is 0 Å². The van der Waals surface area contributed by atoms with E-state index in [1.807, 2.05) is 61.5 Å². The Labute approximate surface area is 139 Å². The molecule has 0 radical (unpaired) electrons. The van der Waals surface area contributed by atoms with Crippen molar-refractivity contribution in [2.75, 3.05) is 0 Å². The summed E-state index contributed by atoms with van der Waals surface area (Å²) in [6, 6.07) is 16.7. The molecule has 0 N–H and O–H groups in total. The highest BCUT2D eigenvalue weighted by Gasteiger charge is 2.41. The van der Waals surface area contributed by atoms with Crippen molar-refractivity contribution in [2.24, 2.45) is 0 Å². The van der Waals surface area contributed by atoms with Crippen LogP contribution in [-0.2, 0) is 0 Å². The highest BCUT2D eigenvalue weighted by Crippen LogP contribution is 2.35. The topological polar surface area (TPSA) is 50.3 Å². The van der Waals surface area contributed by atoms with Crippen LogP contribution in [0.5, 0.6) is 0 Å². The van der Waals surface area contributed by atoms with Gasteiger partial charge in [-0.25, -0.2) is 0 Å². The molecule has 0 fully saturated rings. The molecular weight excluding hydrogens is 300 g/mol. The average Bonchev–Trinajstić information content (AvgIpc) is 2.87. The van der Waals surface area contributed by atoms with Crippen LogP contribution in [0.1, 0.15) is 44.9 Å². The maximum Gasteiger partial charge on any atom is 0.263 e. The smallest absolute Gasteiger partial charge is 0.263 e. The molecule has 4 nitrogen and oxygen atoms in total. The number of para-hydroxylation sites is 1. The number of imide groups is 1. The molecule has 0 saturated carbocycles. The predicted molar refractivity (Wildman–Crippen MR) is 91.8 cm³/mol. The molecule has 118 valence electrons. The molecule has 3 aromatic rings. The highest BCUT2D eigenvalue weighted by molar-refractivity contribution is 6.26. The number of hydrogen-bond acceptors (Lipinski definition) is 3. The minimum Gasteiger partial charge on any atom is -0.269 e. The van der Waals surface area contributed by atoms with Crippen LogP contribution in [-0.4, -0.2) is 21.7 Å². The molecule has 4 rings (SSSR count). The van der Waals surface area contributed by atoms with E-state index in [0.717, 1.165) is 16.5 Å². The quantitative estimate of drug-likeness (QED) is 0.674. The van der Waals surface area contributed by atoms with Gasteiger partial charge >= 0.3 is 0 Å². The van der Waals surface area contributed by atoms with Crippen molar-refractivity contribution in [1.82, 2.24) is 9.88 Å². The average molecular weight is 316 g/mol. The van der Waals surface area contributed by atoms with Crippen molar-refractivity contribution >= 4 is 22.7 Å². The van der Waals surface area contributed by atoms with E-state index >= 15 is 0 Å². The van der Waals surface area contributed by atoms with Crippen LogP contribution in [0.25, 0.3) is 10.9 Å². The lowest BCUT2D eigenvalue weighted by molar-refractivity contribution is 0.0595. The maximum absolute atomic E-state index is 13.1. The SMILES string of the molecule is Cc1nc2ccccc2c2c1C(=O)N([C@@H](C)c1ccccc1)C2=O. The standard InChI is InChI=1S/C20H16N2O2/c1-12-17-18(15-10-6-7-11-16(15)21-12)20(24)22(19(17)23)13(2)14-8-4-3-5-9-14/h3-11,13H,1-2H3/t13-/m0/s1. The molecule has 2 amide bonds. The van der Waals surface area contributed by atoms with Gasteiger partial charge in [0, 0.05) is 5.39 Å². The van der Waals surface area contributed by atoms with Crippen LogP contribution >= 0.6 is 0 Å². The monoisotopic (exact) mass is 316 g/mol. The molecule has 24 heavy (non-hydrogen) atoms. The lowest BCUT2D eigenvalue weighted by atomic mass is 10.0. The third kappa shape index (κ3) is 1.96. The van der Waals surface area contributed by atoms with E-state index in [2.05, 4.69) is 4.98 Å². The number of fused-ring (bicyclic) bond motifs is 3. The third-order valence-electron chi connectivity index (χ3n) is 4.61. The van der Waals surface area contributed by atoms with Gasteiger partial charge in [-0.3, -0.25) is 19.5 Å². The Morgan fingerprint density at radius 2 is 1.50 bits per heavy atom. The molecule has 0 aliphatic carbocycles. The lowest BCUT2D eigenvalue weighted by Crippen LogP contribution is -2.32. The van der Waals surface area contributed by atoms with Crippen LogP contribution in [0.15, 0.2) is 54.6 Å². The normalized spacial score (nSPS) is 15.0. The minimum atomic E-state index is -0.322. The molecule has 0 bridgehead atoms. The Morgan fingerprint density at radius 1 is 0.875 bits per heavy atom. The summed E-state index contributed by atoms with van der Waals surface area (Å²) in [5.41, 5.74) is 3.18. The molecule has 4 heteroatoms. The van der Waals surface area contributed by atoms with Crippen molar-refractivity contribution < 1.29 is 9.59 Å². The van der Waals surface area contributed by atoms with Gasteiger partial charge in [-0.1, -0.05) is 48.5 Å². The second-order valence-electron chi connectivity index (χ2n) is 6.03. The van der Waals surface area contributed by atoms with Crippen LogP contribution in [0.3, 0.4) is 0 Å². The van der Waals surface area contributed by atoms with E-state index in [4.69, 9.17) is 0 Å². The maximum atomic E-state index is 13.1. The largest absolute Gasteiger partial charge is 0.269 e. The summed E-state index contributed by atoms with van der Waals surface area (Å²) in [5.74, 6) is -0.504. The number of aryl methyl sites for hydroxylation is 1. The first-order chi connectivity index (χ1) is 11.6. The van der Waals surface area contributed by atoms with Crippen molar-refractivity contribution in [3.8, 4) is 0 Å². The van der Waals surface area contributed by atoms with Crippen molar-refractivity contribution in [3.63, 3.8) is 0 Å². The zero-order chi connectivity index (χ0) is 16.8. The molecule has 0 saturated heterocycles. The number of nitrogens with zero attached hydrogens (tertiary/aromatic N) is 2. The molecule has 1 atom stereocenters. The molecule has 0 spiro atoms. The van der Waals surface area contributed by atoms with Crippen LogP contribution < -0.4 is 0 Å². The van der Waals surface area contributed by atoms with Crippen LogP contribution in [0.2, 0.25) is 0 Å². The number of aromatic nitrogens is 1. The highest BCUT2D eigenvalue weighted by atomic mass is 16.2. The van der Waals surface area contributed by atoms with Gasteiger partial charge in [-0.2, -0.15) is 0 Å². The number of carbonyl (C=O) groups is 2. The van der Waals surface area contributed by atoms with Gasteiger partial charge in [-0.15, -0.1) is 0 Å². The Hall–Kier alpha value is -3.01. The first-order valence-corrected chi connectivity index (χ1v) is 7.91. The summed E-state index contributed by atoms with van der Waals surface area (Å²) >= 11 is 0. The molecule has 1 aliphatic heterocycles. The minimum absolute atomic E-state index is 0.243. The number of pyridine rings is 1. The Bertz CT molecular complexity index is 980. The van der Waals surface area contributed by atoms with Crippen molar-refractivity contribution in [1.29, 1.82) is 0 Å². The summed E-state index contributed by atoms with van der Waals surface area (Å²) in [6.07, 6.45) is 0. The molecule has 2 heterocycles. The molecular formula is C20H16N2O2. The first-order valence-electron chi connectivity index (χ1n) is 7.91. The van der Waals surface area contributed by atoms with E-state index in [1.54, 1.807) is 6.92 Å². The Balaban J connectivity index is 1.90. The predicted octanol–water partition coefficient (Wildman–Crippen LogP) is 3.90. The van der Waals surface area contributed by atoms with Crippen molar-refractivity contribution in [2.45, 2.75) is 19.9 Å². The van der Waals surface area contributed by atoms with Gasteiger partial charge < -0.3 is 0 Å². The number of hydrogen-bond donors (Lipinski definition) is 0. The van der Waals surface area contributed by atoms with Crippen molar-refractivity contribution in [3.05, 3.63) is 77.0 Å². The molecule has 0 unspecified atom stereocenters. The molecule has 1 aromatic heterocycles. The molecule has 1 aliphatic rings. The van der Waals surface area contributed by atoms with Crippen LogP contribution in [0, 0.1) is 6.92 Å². The number of benzene rings is 2. The number of rotatable bonds is 2. The summed E-state index contributed by atoms with van der Waals surface area (Å²) in [6.45, 7) is 3.66. The second kappa shape index (κ2) is 5.27. The zero-order valence-electron chi connectivity index (χ0n) is 13.5. The second-order valence-corrected chi connectivity index (χ2v) is 6.03. The van der Waals surface area contributed by atoms with Gasteiger partial charge in [0.05, 0.1) is 28.4 Å². The van der Waals surface area contributed by atoms with E-state index in [-0.39, 0.29) is 17.9 Å². The molecule has 2 aromatic carbocycles. The summed E-state index contributed by atoms with van der Waals surface area (Å²) in [5, 5.41) is 0.735. The summed E-state index contributed by atoms with van der Waals surface area (Å²) < 4.78 is 0.